The highest BCUT2D eigenvalue weighted by molar-refractivity contribution is 6.52. The van der Waals surface area contributed by atoms with Crippen molar-refractivity contribution in [1.29, 1.82) is 0 Å². The molecule has 9 heteroatoms. The van der Waals surface area contributed by atoms with Crippen LogP contribution in [0, 0.1) is 5.82 Å². The van der Waals surface area contributed by atoms with Crippen molar-refractivity contribution in [2.24, 2.45) is 0 Å². The number of carbonyl (C=O) groups is 2. The molecule has 1 unspecified atom stereocenters. The van der Waals surface area contributed by atoms with Gasteiger partial charge in [-0.15, -0.1) is 0 Å². The van der Waals surface area contributed by atoms with Crippen LogP contribution < -0.4 is 9.64 Å². The molecule has 0 aromatic heterocycles. The van der Waals surface area contributed by atoms with Crippen molar-refractivity contribution in [3.8, 4) is 11.5 Å². The van der Waals surface area contributed by atoms with Gasteiger partial charge in [0.2, 0.25) is 0 Å². The van der Waals surface area contributed by atoms with Crippen LogP contribution in [0.5, 0.6) is 11.5 Å². The van der Waals surface area contributed by atoms with Gasteiger partial charge >= 0.3 is 0 Å². The van der Waals surface area contributed by atoms with E-state index in [1.54, 1.807) is 12.1 Å². The quantitative estimate of drug-likeness (QED) is 0.289. The molecular weight excluding hydrogens is 472 g/mol. The lowest BCUT2D eigenvalue weighted by molar-refractivity contribution is -0.132. The Balaban J connectivity index is 1.98. The van der Waals surface area contributed by atoms with Gasteiger partial charge in [0.25, 0.3) is 11.7 Å². The van der Waals surface area contributed by atoms with Crippen LogP contribution in [-0.2, 0) is 9.59 Å². The number of amides is 1. The molecule has 168 valence electrons. The molecule has 0 radical (unpaired) electrons. The zero-order valence-electron chi connectivity index (χ0n) is 17.1. The number of ether oxygens (including phenoxy) is 1. The van der Waals surface area contributed by atoms with Crippen molar-refractivity contribution in [3.63, 3.8) is 0 Å². The van der Waals surface area contributed by atoms with E-state index in [1.807, 2.05) is 0 Å². The molecule has 1 aliphatic rings. The number of anilines is 1. The molecule has 4 rings (SSSR count). The molecule has 33 heavy (non-hydrogen) atoms. The fraction of sp³-hybridized carbons (Fsp3) is 0.0833. The van der Waals surface area contributed by atoms with E-state index < -0.39 is 29.3 Å². The molecule has 1 saturated heterocycles. The highest BCUT2D eigenvalue weighted by atomic mass is 35.5. The number of nitrogens with zero attached hydrogens (tertiary/aromatic N) is 1. The van der Waals surface area contributed by atoms with Crippen molar-refractivity contribution >= 4 is 46.3 Å². The molecule has 0 aliphatic carbocycles. The molecule has 0 saturated carbocycles. The molecule has 1 amide bonds. The minimum atomic E-state index is -1.15. The highest BCUT2D eigenvalue weighted by Gasteiger charge is 2.47. The van der Waals surface area contributed by atoms with Gasteiger partial charge in [-0.1, -0.05) is 47.5 Å². The Bertz CT molecular complexity index is 1280. The molecule has 2 N–H and O–H groups in total. The molecule has 1 fully saturated rings. The smallest absolute Gasteiger partial charge is 0.300 e. The number of phenols is 1. The number of para-hydroxylation sites is 2. The van der Waals surface area contributed by atoms with Crippen LogP contribution >= 0.6 is 23.2 Å². The van der Waals surface area contributed by atoms with Crippen LogP contribution in [0.4, 0.5) is 10.1 Å². The van der Waals surface area contributed by atoms with E-state index in [-0.39, 0.29) is 38.4 Å². The van der Waals surface area contributed by atoms with E-state index in [2.05, 4.69) is 0 Å². The van der Waals surface area contributed by atoms with Crippen LogP contribution in [0.15, 0.2) is 66.2 Å². The van der Waals surface area contributed by atoms with Crippen molar-refractivity contribution in [3.05, 3.63) is 93.2 Å². The van der Waals surface area contributed by atoms with Crippen LogP contribution in [0.1, 0.15) is 17.2 Å². The summed E-state index contributed by atoms with van der Waals surface area (Å²) in [5, 5.41) is 21.7. The summed E-state index contributed by atoms with van der Waals surface area (Å²) in [6.45, 7) is 0. The van der Waals surface area contributed by atoms with Gasteiger partial charge in [-0.2, -0.15) is 0 Å². The average molecular weight is 488 g/mol. The third-order valence-corrected chi connectivity index (χ3v) is 5.81. The molecule has 3 aromatic rings. The molecule has 0 spiro atoms. The van der Waals surface area contributed by atoms with E-state index in [0.29, 0.717) is 5.56 Å². The number of phenolic OH excluding ortho intramolecular Hbond substituents is 1. The van der Waals surface area contributed by atoms with Crippen molar-refractivity contribution in [2.45, 2.75) is 6.04 Å². The summed E-state index contributed by atoms with van der Waals surface area (Å²) in [5.74, 6) is -3.09. The Labute approximate surface area is 198 Å². The zero-order chi connectivity index (χ0) is 23.9. The lowest BCUT2D eigenvalue weighted by Gasteiger charge is -2.26. The summed E-state index contributed by atoms with van der Waals surface area (Å²) in [4.78, 5) is 27.2. The van der Waals surface area contributed by atoms with Crippen LogP contribution in [0.3, 0.4) is 0 Å². The number of benzene rings is 3. The van der Waals surface area contributed by atoms with Crippen LogP contribution in [-0.4, -0.2) is 29.0 Å². The molecule has 1 aliphatic heterocycles. The summed E-state index contributed by atoms with van der Waals surface area (Å²) in [5.41, 5.74) is 0.199. The largest absolute Gasteiger partial charge is 0.507 e. The van der Waals surface area contributed by atoms with Gasteiger partial charge < -0.3 is 14.9 Å². The summed E-state index contributed by atoms with van der Waals surface area (Å²) < 4.78 is 18.7. The summed E-state index contributed by atoms with van der Waals surface area (Å²) in [7, 11) is 1.37. The minimum Gasteiger partial charge on any atom is -0.507 e. The summed E-state index contributed by atoms with van der Waals surface area (Å²) in [6, 6.07) is 12.6. The average Bonchev–Trinajstić information content (AvgIpc) is 3.04. The predicted octanol–water partition coefficient (Wildman–Crippen LogP) is 5.47. The third kappa shape index (κ3) is 3.90. The highest BCUT2D eigenvalue weighted by Crippen LogP contribution is 2.45. The van der Waals surface area contributed by atoms with Gasteiger partial charge in [0.05, 0.1) is 34.5 Å². The number of aliphatic hydroxyl groups is 1. The number of aromatic hydroxyl groups is 1. The van der Waals surface area contributed by atoms with Crippen LogP contribution in [0.2, 0.25) is 10.0 Å². The molecule has 0 bridgehead atoms. The zero-order valence-corrected chi connectivity index (χ0v) is 18.6. The number of halogens is 3. The van der Waals surface area contributed by atoms with Gasteiger partial charge in [-0.3, -0.25) is 14.5 Å². The standard InChI is InChI=1S/C24H16Cl2FNO5/c1-33-23-15(25)10-13(11-16(23)26)21(30)19-20(12-6-8-14(27)9-7-12)28(24(32)22(19)31)17-4-2-3-5-18(17)29/h2-11,20,29-30H,1H3/b21-19+. The first kappa shape index (κ1) is 22.6. The first-order chi connectivity index (χ1) is 15.7. The monoisotopic (exact) mass is 487 g/mol. The van der Waals surface area contributed by atoms with Gasteiger partial charge in [0, 0.05) is 5.56 Å². The number of ketones is 1. The fourth-order valence-corrected chi connectivity index (χ4v) is 4.40. The van der Waals surface area contributed by atoms with E-state index in [0.717, 1.165) is 4.90 Å². The van der Waals surface area contributed by atoms with Crippen molar-refractivity contribution in [1.82, 2.24) is 0 Å². The second-order valence-electron chi connectivity index (χ2n) is 7.18. The number of carbonyl (C=O) groups excluding carboxylic acids is 2. The maximum absolute atomic E-state index is 13.6. The number of hydrogen-bond acceptors (Lipinski definition) is 5. The Morgan fingerprint density at radius 2 is 1.64 bits per heavy atom. The summed E-state index contributed by atoms with van der Waals surface area (Å²) in [6.07, 6.45) is 0. The lowest BCUT2D eigenvalue weighted by Crippen LogP contribution is -2.29. The molecule has 3 aromatic carbocycles. The van der Waals surface area contributed by atoms with E-state index in [4.69, 9.17) is 27.9 Å². The van der Waals surface area contributed by atoms with Gasteiger partial charge in [0.15, 0.2) is 5.75 Å². The second-order valence-corrected chi connectivity index (χ2v) is 8.00. The molecule has 1 atom stereocenters. The van der Waals surface area contributed by atoms with E-state index in [1.165, 1.54) is 55.6 Å². The Morgan fingerprint density at radius 3 is 2.21 bits per heavy atom. The summed E-state index contributed by atoms with van der Waals surface area (Å²) >= 11 is 12.4. The first-order valence-electron chi connectivity index (χ1n) is 9.62. The topological polar surface area (TPSA) is 87.1 Å². The lowest BCUT2D eigenvalue weighted by atomic mass is 9.95. The van der Waals surface area contributed by atoms with E-state index in [9.17, 15) is 24.2 Å². The molecule has 1 heterocycles. The third-order valence-electron chi connectivity index (χ3n) is 5.25. The SMILES string of the molecule is COc1c(Cl)cc(/C(O)=C2\C(=O)C(=O)N(c3ccccc3O)C2c2ccc(F)cc2)cc1Cl. The maximum Gasteiger partial charge on any atom is 0.300 e. The number of rotatable bonds is 4. The van der Waals surface area contributed by atoms with Crippen molar-refractivity contribution < 1.29 is 28.9 Å². The fourth-order valence-electron chi connectivity index (χ4n) is 3.76. The van der Waals surface area contributed by atoms with Crippen molar-refractivity contribution in [2.75, 3.05) is 12.0 Å². The number of aliphatic hydroxyl groups excluding tert-OH is 1. The predicted molar refractivity (Wildman–Crippen MR) is 122 cm³/mol. The Hall–Kier alpha value is -3.55. The minimum absolute atomic E-state index is 0.0544. The first-order valence-corrected chi connectivity index (χ1v) is 10.4. The van der Waals surface area contributed by atoms with E-state index >= 15 is 0 Å². The maximum atomic E-state index is 13.6. The van der Waals surface area contributed by atoms with Gasteiger partial charge in [-0.05, 0) is 42.0 Å². The van der Waals surface area contributed by atoms with Gasteiger partial charge in [-0.25, -0.2) is 4.39 Å². The second kappa shape index (κ2) is 8.77. The molecule has 6 nitrogen and oxygen atoms in total. The van der Waals surface area contributed by atoms with Gasteiger partial charge in [0.1, 0.15) is 17.3 Å². The molecular formula is C24H16Cl2FNO5. The Kier molecular flexibility index (Phi) is 6.01. The number of methoxy groups -OCH3 is 1. The van der Waals surface area contributed by atoms with Crippen LogP contribution in [0.25, 0.3) is 5.76 Å². The number of Topliss-reactive ketones (excluding diaryl/α,β-unsaturated/α-hetero) is 1. The Morgan fingerprint density at radius 1 is 1.03 bits per heavy atom. The number of hydrogen-bond donors (Lipinski definition) is 2. The normalized spacial score (nSPS) is 17.5.